The fraction of sp³-hybridized carbons (Fsp3) is 0.533. The van der Waals surface area contributed by atoms with E-state index in [2.05, 4.69) is 6.92 Å². The Morgan fingerprint density at radius 3 is 2.61 bits per heavy atom. The summed E-state index contributed by atoms with van der Waals surface area (Å²) in [5, 5.41) is 7.49. The Morgan fingerprint density at radius 2 is 1.89 bits per heavy atom. The molecular weight excluding hydrogens is 224 g/mol. The van der Waals surface area contributed by atoms with Gasteiger partial charge < -0.3 is 10.5 Å². The largest absolute Gasteiger partial charge is 0.384 e. The zero-order chi connectivity index (χ0) is 13.2. The van der Waals surface area contributed by atoms with Crippen LogP contribution in [0, 0.1) is 5.41 Å². The highest BCUT2D eigenvalue weighted by Crippen LogP contribution is 2.10. The standard InChI is InChI=1S/C15H24N2O/c1-2-3-4-5-8-11-18-12-13-9-6-7-10-14(13)15(16)17/h6-7,9-10H,2-5,8,11-12H2,1H3,(H3,16,17). The smallest absolute Gasteiger partial charge is 0.123 e. The average molecular weight is 248 g/mol. The van der Waals surface area contributed by atoms with Crippen molar-refractivity contribution in [1.29, 1.82) is 5.41 Å². The zero-order valence-electron chi connectivity index (χ0n) is 11.2. The van der Waals surface area contributed by atoms with Crippen molar-refractivity contribution in [1.82, 2.24) is 0 Å². The summed E-state index contributed by atoms with van der Waals surface area (Å²) in [6, 6.07) is 7.67. The number of rotatable bonds is 9. The summed E-state index contributed by atoms with van der Waals surface area (Å²) < 4.78 is 5.64. The number of ether oxygens (including phenoxy) is 1. The molecule has 0 spiro atoms. The molecule has 0 aliphatic heterocycles. The number of hydrogen-bond donors (Lipinski definition) is 2. The molecule has 3 N–H and O–H groups in total. The van der Waals surface area contributed by atoms with Crippen LogP contribution in [-0.4, -0.2) is 12.4 Å². The molecule has 0 amide bonds. The fourth-order valence-corrected chi connectivity index (χ4v) is 1.90. The first-order valence-electron chi connectivity index (χ1n) is 6.75. The molecule has 0 aliphatic carbocycles. The minimum Gasteiger partial charge on any atom is -0.384 e. The number of nitrogen functional groups attached to an aromatic ring is 1. The van der Waals surface area contributed by atoms with E-state index in [1.54, 1.807) is 0 Å². The van der Waals surface area contributed by atoms with Crippen molar-refractivity contribution in [3.05, 3.63) is 35.4 Å². The number of benzene rings is 1. The number of nitrogens with two attached hydrogens (primary N) is 1. The number of hydrogen-bond acceptors (Lipinski definition) is 2. The lowest BCUT2D eigenvalue weighted by Gasteiger charge is -2.08. The Morgan fingerprint density at radius 1 is 1.17 bits per heavy atom. The second-order valence-electron chi connectivity index (χ2n) is 4.54. The first-order chi connectivity index (χ1) is 8.75. The van der Waals surface area contributed by atoms with Gasteiger partial charge in [-0.25, -0.2) is 0 Å². The van der Waals surface area contributed by atoms with Gasteiger partial charge in [-0.05, 0) is 12.0 Å². The van der Waals surface area contributed by atoms with Crippen molar-refractivity contribution in [3.8, 4) is 0 Å². The highest BCUT2D eigenvalue weighted by atomic mass is 16.5. The molecule has 0 unspecified atom stereocenters. The van der Waals surface area contributed by atoms with Crippen molar-refractivity contribution in [2.24, 2.45) is 5.73 Å². The lowest BCUT2D eigenvalue weighted by atomic mass is 10.1. The number of amidine groups is 1. The highest BCUT2D eigenvalue weighted by Gasteiger charge is 2.03. The molecule has 0 aromatic heterocycles. The van der Waals surface area contributed by atoms with E-state index < -0.39 is 0 Å². The Kier molecular flexibility index (Phi) is 7.11. The van der Waals surface area contributed by atoms with E-state index in [0.717, 1.165) is 24.2 Å². The average Bonchev–Trinajstić information content (AvgIpc) is 2.38. The van der Waals surface area contributed by atoms with E-state index >= 15 is 0 Å². The molecule has 0 fully saturated rings. The SMILES string of the molecule is CCCCCCCOCc1ccccc1C(=N)N. The van der Waals surface area contributed by atoms with Crippen LogP contribution in [0.15, 0.2) is 24.3 Å². The third kappa shape index (κ3) is 5.32. The van der Waals surface area contributed by atoms with Crippen LogP contribution >= 0.6 is 0 Å². The number of unbranched alkanes of at least 4 members (excludes halogenated alkanes) is 4. The van der Waals surface area contributed by atoms with Crippen LogP contribution in [0.25, 0.3) is 0 Å². The molecule has 1 aromatic rings. The predicted octanol–water partition coefficient (Wildman–Crippen LogP) is 3.46. The maximum atomic E-state index is 7.49. The minimum atomic E-state index is 0.108. The van der Waals surface area contributed by atoms with Gasteiger partial charge >= 0.3 is 0 Å². The summed E-state index contributed by atoms with van der Waals surface area (Å²) in [6.07, 6.45) is 6.23. The van der Waals surface area contributed by atoms with Crippen molar-refractivity contribution >= 4 is 5.84 Å². The molecule has 18 heavy (non-hydrogen) atoms. The van der Waals surface area contributed by atoms with Gasteiger partial charge in [-0.1, -0.05) is 56.9 Å². The highest BCUT2D eigenvalue weighted by molar-refractivity contribution is 5.96. The molecule has 1 rings (SSSR count). The molecule has 0 heterocycles. The third-order valence-electron chi connectivity index (χ3n) is 2.96. The molecule has 0 radical (unpaired) electrons. The van der Waals surface area contributed by atoms with Crippen LogP contribution in [0.4, 0.5) is 0 Å². The van der Waals surface area contributed by atoms with Gasteiger partial charge in [0.15, 0.2) is 0 Å². The van der Waals surface area contributed by atoms with Gasteiger partial charge in [0.2, 0.25) is 0 Å². The van der Waals surface area contributed by atoms with Crippen molar-refractivity contribution in [2.75, 3.05) is 6.61 Å². The molecule has 0 saturated heterocycles. The van der Waals surface area contributed by atoms with Crippen LogP contribution in [-0.2, 0) is 11.3 Å². The summed E-state index contributed by atoms with van der Waals surface area (Å²) in [6.45, 7) is 3.55. The first kappa shape index (κ1) is 14.7. The van der Waals surface area contributed by atoms with Crippen LogP contribution in [0.2, 0.25) is 0 Å². The van der Waals surface area contributed by atoms with Crippen LogP contribution < -0.4 is 5.73 Å². The quantitative estimate of drug-likeness (QED) is 0.399. The Hall–Kier alpha value is -1.35. The fourth-order valence-electron chi connectivity index (χ4n) is 1.90. The van der Waals surface area contributed by atoms with Crippen molar-refractivity contribution in [2.45, 2.75) is 45.6 Å². The van der Waals surface area contributed by atoms with Crippen LogP contribution in [0.5, 0.6) is 0 Å². The second kappa shape index (κ2) is 8.70. The lowest BCUT2D eigenvalue weighted by Crippen LogP contribution is -2.14. The Balaban J connectivity index is 2.25. The van der Waals surface area contributed by atoms with E-state index in [4.69, 9.17) is 15.9 Å². The van der Waals surface area contributed by atoms with Gasteiger partial charge in [-0.2, -0.15) is 0 Å². The maximum Gasteiger partial charge on any atom is 0.123 e. The molecule has 0 bridgehead atoms. The van der Waals surface area contributed by atoms with Crippen LogP contribution in [0.3, 0.4) is 0 Å². The zero-order valence-corrected chi connectivity index (χ0v) is 11.2. The van der Waals surface area contributed by atoms with Crippen molar-refractivity contribution in [3.63, 3.8) is 0 Å². The summed E-state index contributed by atoms with van der Waals surface area (Å²) in [5.41, 5.74) is 7.31. The molecule has 1 aromatic carbocycles. The lowest BCUT2D eigenvalue weighted by molar-refractivity contribution is 0.116. The summed E-state index contributed by atoms with van der Waals surface area (Å²) >= 11 is 0. The van der Waals surface area contributed by atoms with Crippen LogP contribution in [0.1, 0.15) is 50.2 Å². The molecule has 100 valence electrons. The van der Waals surface area contributed by atoms with Gasteiger partial charge in [-0.3, -0.25) is 5.41 Å². The summed E-state index contributed by atoms with van der Waals surface area (Å²) in [5.74, 6) is 0.108. The molecular formula is C15H24N2O. The van der Waals surface area contributed by atoms with E-state index in [0.29, 0.717) is 6.61 Å². The maximum absolute atomic E-state index is 7.49. The second-order valence-corrected chi connectivity index (χ2v) is 4.54. The Bertz CT molecular complexity index is 363. The van der Waals surface area contributed by atoms with Gasteiger partial charge in [0.25, 0.3) is 0 Å². The summed E-state index contributed by atoms with van der Waals surface area (Å²) in [4.78, 5) is 0. The van der Waals surface area contributed by atoms with Gasteiger partial charge in [0.05, 0.1) is 6.61 Å². The molecule has 3 heteroatoms. The van der Waals surface area contributed by atoms with E-state index in [9.17, 15) is 0 Å². The van der Waals surface area contributed by atoms with E-state index in [1.807, 2.05) is 24.3 Å². The van der Waals surface area contributed by atoms with Gasteiger partial charge in [0.1, 0.15) is 5.84 Å². The Labute approximate surface area is 110 Å². The first-order valence-corrected chi connectivity index (χ1v) is 6.75. The van der Waals surface area contributed by atoms with Crippen molar-refractivity contribution < 1.29 is 4.74 Å². The minimum absolute atomic E-state index is 0.108. The van der Waals surface area contributed by atoms with E-state index in [-0.39, 0.29) is 5.84 Å². The normalized spacial score (nSPS) is 10.5. The summed E-state index contributed by atoms with van der Waals surface area (Å²) in [7, 11) is 0. The topological polar surface area (TPSA) is 59.1 Å². The third-order valence-corrected chi connectivity index (χ3v) is 2.96. The molecule has 3 nitrogen and oxygen atoms in total. The molecule has 0 saturated carbocycles. The number of nitrogens with one attached hydrogen (secondary N) is 1. The predicted molar refractivity (Wildman–Crippen MR) is 75.9 cm³/mol. The van der Waals surface area contributed by atoms with Gasteiger partial charge in [-0.15, -0.1) is 0 Å². The molecule has 0 aliphatic rings. The molecule has 0 atom stereocenters. The van der Waals surface area contributed by atoms with E-state index in [1.165, 1.54) is 25.7 Å². The monoisotopic (exact) mass is 248 g/mol. The van der Waals surface area contributed by atoms with Gasteiger partial charge in [0, 0.05) is 12.2 Å².